The third kappa shape index (κ3) is 2.82. The molecule has 2 heterocycles. The summed E-state index contributed by atoms with van der Waals surface area (Å²) in [5.41, 5.74) is 0.494. The van der Waals surface area contributed by atoms with Crippen molar-refractivity contribution in [1.29, 1.82) is 0 Å². The first kappa shape index (κ1) is 16.6. The molecule has 0 bridgehead atoms. The summed E-state index contributed by atoms with van der Waals surface area (Å²) in [6.45, 7) is 8.99. The highest BCUT2D eigenvalue weighted by Gasteiger charge is 2.52. The average Bonchev–Trinajstić information content (AvgIpc) is 3.05. The summed E-state index contributed by atoms with van der Waals surface area (Å²) >= 11 is 0. The standard InChI is InChI=1S/C16H23BO6/c1-15(2)16(3,4)23-17(22-15)11-9-12(18)13(19-5)8-10(11)14-20-6-7-21-14/h8-9,14,18H,6-7H2,1-5H3. The van der Waals surface area contributed by atoms with Crippen LogP contribution in [0.25, 0.3) is 0 Å². The Bertz CT molecular complexity index is 578. The van der Waals surface area contributed by atoms with Crippen molar-refractivity contribution in [2.45, 2.75) is 45.2 Å². The number of phenols is 1. The van der Waals surface area contributed by atoms with Crippen LogP contribution in [0.1, 0.15) is 39.5 Å². The molecule has 1 aromatic carbocycles. The predicted octanol–water partition coefficient (Wildman–Crippen LogP) is 1.75. The molecule has 2 saturated heterocycles. The molecule has 6 nitrogen and oxygen atoms in total. The number of ether oxygens (including phenoxy) is 3. The molecule has 0 aromatic heterocycles. The maximum absolute atomic E-state index is 10.2. The molecule has 2 fully saturated rings. The van der Waals surface area contributed by atoms with Gasteiger partial charge in [-0.2, -0.15) is 0 Å². The van der Waals surface area contributed by atoms with Gasteiger partial charge in [-0.3, -0.25) is 0 Å². The van der Waals surface area contributed by atoms with Gasteiger partial charge in [0.2, 0.25) is 0 Å². The minimum absolute atomic E-state index is 0.0268. The summed E-state index contributed by atoms with van der Waals surface area (Å²) in [6.07, 6.45) is -0.515. The van der Waals surface area contributed by atoms with Gasteiger partial charge in [-0.25, -0.2) is 0 Å². The van der Waals surface area contributed by atoms with E-state index in [0.29, 0.717) is 24.4 Å². The average molecular weight is 322 g/mol. The predicted molar refractivity (Wildman–Crippen MR) is 85.0 cm³/mol. The SMILES string of the molecule is COc1cc(C2OCCO2)c(B2OC(C)(C)C(C)(C)O2)cc1O. The lowest BCUT2D eigenvalue weighted by molar-refractivity contribution is -0.0436. The third-order valence-electron chi connectivity index (χ3n) is 4.77. The van der Waals surface area contributed by atoms with Crippen LogP contribution in [0.2, 0.25) is 0 Å². The van der Waals surface area contributed by atoms with Crippen molar-refractivity contribution in [2.24, 2.45) is 0 Å². The molecular weight excluding hydrogens is 299 g/mol. The first-order valence-corrected chi connectivity index (χ1v) is 7.75. The van der Waals surface area contributed by atoms with Gasteiger partial charge >= 0.3 is 7.12 Å². The van der Waals surface area contributed by atoms with Crippen LogP contribution in [0.15, 0.2) is 12.1 Å². The lowest BCUT2D eigenvalue weighted by atomic mass is 9.75. The van der Waals surface area contributed by atoms with E-state index in [2.05, 4.69) is 0 Å². The molecule has 2 aliphatic heterocycles. The van der Waals surface area contributed by atoms with Crippen LogP contribution in [-0.2, 0) is 18.8 Å². The van der Waals surface area contributed by atoms with Crippen LogP contribution in [0, 0.1) is 0 Å². The molecule has 7 heteroatoms. The van der Waals surface area contributed by atoms with Gasteiger partial charge in [0.1, 0.15) is 0 Å². The van der Waals surface area contributed by atoms with E-state index in [1.165, 1.54) is 7.11 Å². The van der Waals surface area contributed by atoms with E-state index in [1.54, 1.807) is 12.1 Å². The number of aromatic hydroxyl groups is 1. The minimum atomic E-state index is -0.611. The molecule has 0 saturated carbocycles. The molecule has 0 amide bonds. The smallest absolute Gasteiger partial charge is 0.495 e. The largest absolute Gasteiger partial charge is 0.504 e. The summed E-state index contributed by atoms with van der Waals surface area (Å²) in [6, 6.07) is 3.31. The van der Waals surface area contributed by atoms with Crippen molar-refractivity contribution in [3.8, 4) is 11.5 Å². The topological polar surface area (TPSA) is 66.4 Å². The quantitative estimate of drug-likeness (QED) is 0.855. The van der Waals surface area contributed by atoms with E-state index in [9.17, 15) is 5.11 Å². The fourth-order valence-corrected chi connectivity index (χ4v) is 2.68. The Morgan fingerprint density at radius 1 is 1.09 bits per heavy atom. The number of phenolic OH excluding ortho intramolecular Hbond substituents is 1. The fraction of sp³-hybridized carbons (Fsp3) is 0.625. The molecule has 2 aliphatic rings. The molecular formula is C16H23BO6. The van der Waals surface area contributed by atoms with E-state index >= 15 is 0 Å². The second-order valence-electron chi connectivity index (χ2n) is 6.81. The minimum Gasteiger partial charge on any atom is -0.504 e. The molecule has 1 aromatic rings. The molecule has 23 heavy (non-hydrogen) atoms. The van der Waals surface area contributed by atoms with Crippen LogP contribution >= 0.6 is 0 Å². The van der Waals surface area contributed by atoms with Gasteiger partial charge in [0.15, 0.2) is 17.8 Å². The van der Waals surface area contributed by atoms with Gasteiger partial charge in [-0.05, 0) is 45.3 Å². The second kappa shape index (κ2) is 5.67. The lowest BCUT2D eigenvalue weighted by Gasteiger charge is -2.32. The van der Waals surface area contributed by atoms with Crippen molar-refractivity contribution < 1.29 is 28.6 Å². The molecule has 0 atom stereocenters. The number of methoxy groups -OCH3 is 1. The van der Waals surface area contributed by atoms with Gasteiger partial charge in [-0.1, -0.05) is 0 Å². The zero-order valence-corrected chi connectivity index (χ0v) is 14.2. The van der Waals surface area contributed by atoms with Crippen LogP contribution in [0.5, 0.6) is 11.5 Å². The van der Waals surface area contributed by atoms with Crippen molar-refractivity contribution >= 4 is 12.6 Å². The number of rotatable bonds is 3. The van der Waals surface area contributed by atoms with E-state index < -0.39 is 24.6 Å². The van der Waals surface area contributed by atoms with Crippen molar-refractivity contribution in [2.75, 3.05) is 20.3 Å². The Morgan fingerprint density at radius 2 is 1.65 bits per heavy atom. The number of hydrogen-bond donors (Lipinski definition) is 1. The maximum atomic E-state index is 10.2. The second-order valence-corrected chi connectivity index (χ2v) is 6.81. The first-order chi connectivity index (χ1) is 10.7. The van der Waals surface area contributed by atoms with E-state index in [1.807, 2.05) is 27.7 Å². The van der Waals surface area contributed by atoms with E-state index in [-0.39, 0.29) is 5.75 Å². The van der Waals surface area contributed by atoms with Crippen molar-refractivity contribution in [1.82, 2.24) is 0 Å². The highest BCUT2D eigenvalue weighted by atomic mass is 16.7. The van der Waals surface area contributed by atoms with E-state index in [4.69, 9.17) is 23.5 Å². The molecule has 0 aliphatic carbocycles. The molecule has 1 N–H and O–H groups in total. The Labute approximate surface area is 136 Å². The first-order valence-electron chi connectivity index (χ1n) is 7.75. The van der Waals surface area contributed by atoms with Gasteiger partial charge in [-0.15, -0.1) is 0 Å². The van der Waals surface area contributed by atoms with Crippen LogP contribution in [-0.4, -0.2) is 43.8 Å². The summed E-state index contributed by atoms with van der Waals surface area (Å²) in [5, 5.41) is 10.2. The van der Waals surface area contributed by atoms with Gasteiger partial charge in [0, 0.05) is 5.56 Å². The maximum Gasteiger partial charge on any atom is 0.495 e. The Hall–Kier alpha value is -1.28. The van der Waals surface area contributed by atoms with Gasteiger partial charge in [0.05, 0.1) is 31.5 Å². The highest BCUT2D eigenvalue weighted by molar-refractivity contribution is 6.62. The van der Waals surface area contributed by atoms with Gasteiger partial charge in [0.25, 0.3) is 0 Å². The van der Waals surface area contributed by atoms with Crippen LogP contribution < -0.4 is 10.2 Å². The summed E-state index contributed by atoms with van der Waals surface area (Å²) in [7, 11) is 0.892. The summed E-state index contributed by atoms with van der Waals surface area (Å²) in [4.78, 5) is 0. The zero-order valence-electron chi connectivity index (χ0n) is 14.2. The molecule has 0 radical (unpaired) electrons. The molecule has 126 valence electrons. The Kier molecular flexibility index (Phi) is 4.08. The monoisotopic (exact) mass is 322 g/mol. The summed E-state index contributed by atoms with van der Waals surface area (Å²) < 4.78 is 28.6. The molecule has 0 spiro atoms. The van der Waals surface area contributed by atoms with Gasteiger partial charge < -0.3 is 28.6 Å². The Balaban J connectivity index is 2.03. The molecule has 3 rings (SSSR count). The number of benzene rings is 1. The normalized spacial score (nSPS) is 23.4. The van der Waals surface area contributed by atoms with E-state index in [0.717, 1.165) is 5.56 Å². The summed E-state index contributed by atoms with van der Waals surface area (Å²) in [5.74, 6) is 0.387. The van der Waals surface area contributed by atoms with Crippen molar-refractivity contribution in [3.63, 3.8) is 0 Å². The third-order valence-corrected chi connectivity index (χ3v) is 4.77. The fourth-order valence-electron chi connectivity index (χ4n) is 2.68. The number of hydrogen-bond acceptors (Lipinski definition) is 6. The zero-order chi connectivity index (χ0) is 16.8. The highest BCUT2D eigenvalue weighted by Crippen LogP contribution is 2.39. The van der Waals surface area contributed by atoms with Crippen LogP contribution in [0.3, 0.4) is 0 Å². The lowest BCUT2D eigenvalue weighted by Crippen LogP contribution is -2.41. The Morgan fingerprint density at radius 3 is 2.17 bits per heavy atom. The van der Waals surface area contributed by atoms with Crippen LogP contribution in [0.4, 0.5) is 0 Å². The molecule has 0 unspecified atom stereocenters. The van der Waals surface area contributed by atoms with Crippen molar-refractivity contribution in [3.05, 3.63) is 17.7 Å².